The van der Waals surface area contributed by atoms with Gasteiger partial charge in [0.2, 0.25) is 5.91 Å². The van der Waals surface area contributed by atoms with Crippen molar-refractivity contribution in [2.24, 2.45) is 0 Å². The Labute approximate surface area is 201 Å². The van der Waals surface area contributed by atoms with Crippen molar-refractivity contribution in [1.29, 1.82) is 0 Å². The van der Waals surface area contributed by atoms with Crippen molar-refractivity contribution in [2.45, 2.75) is 17.4 Å². The van der Waals surface area contributed by atoms with E-state index < -0.39 is 16.1 Å². The van der Waals surface area contributed by atoms with Crippen molar-refractivity contribution in [2.75, 3.05) is 22.8 Å². The lowest BCUT2D eigenvalue weighted by atomic mass is 10.1. The number of nitrogens with one attached hydrogen (secondary N) is 1. The molecule has 0 saturated carbocycles. The van der Waals surface area contributed by atoms with Gasteiger partial charge in [-0.2, -0.15) is 0 Å². The first-order chi connectivity index (χ1) is 15.8. The number of carbonyl (C=O) groups excluding carboxylic acids is 1. The van der Waals surface area contributed by atoms with E-state index in [2.05, 4.69) is 5.32 Å². The molecule has 0 bridgehead atoms. The lowest BCUT2D eigenvalue weighted by Gasteiger charge is -2.35. The Balaban J connectivity index is 1.62. The maximum Gasteiger partial charge on any atom is 0.264 e. The van der Waals surface area contributed by atoms with Gasteiger partial charge in [-0.15, -0.1) is 0 Å². The van der Waals surface area contributed by atoms with E-state index in [0.29, 0.717) is 15.7 Å². The Morgan fingerprint density at radius 2 is 1.67 bits per heavy atom. The summed E-state index contributed by atoms with van der Waals surface area (Å²) in [4.78, 5) is 12.6. The van der Waals surface area contributed by atoms with Crippen LogP contribution in [0.15, 0.2) is 71.6 Å². The summed E-state index contributed by atoms with van der Waals surface area (Å²) in [5, 5.41) is 13.4. The molecule has 33 heavy (non-hydrogen) atoms. The van der Waals surface area contributed by atoms with Crippen LogP contribution in [0.3, 0.4) is 0 Å². The van der Waals surface area contributed by atoms with Crippen LogP contribution in [-0.2, 0) is 21.2 Å². The lowest BCUT2D eigenvalue weighted by Crippen LogP contribution is -2.45. The molecule has 0 aliphatic carbocycles. The Morgan fingerprint density at radius 1 is 1.03 bits per heavy atom. The SMILES string of the molecule is O=C(Cc1ccc(Cl)cc1)Nc1ccc2c(c1)N(S(=O)(=O)c1ccc(Cl)cc1)C[C@@H](CO)O2. The van der Waals surface area contributed by atoms with Crippen molar-refractivity contribution in [3.63, 3.8) is 0 Å². The van der Waals surface area contributed by atoms with Crippen molar-refractivity contribution < 1.29 is 23.1 Å². The smallest absolute Gasteiger partial charge is 0.264 e. The number of hydrogen-bond donors (Lipinski definition) is 2. The molecule has 3 aromatic rings. The molecule has 1 heterocycles. The fourth-order valence-electron chi connectivity index (χ4n) is 3.44. The Kier molecular flexibility index (Phi) is 6.81. The monoisotopic (exact) mass is 506 g/mol. The molecule has 0 saturated heterocycles. The van der Waals surface area contributed by atoms with E-state index in [0.717, 1.165) is 5.56 Å². The van der Waals surface area contributed by atoms with E-state index in [9.17, 15) is 18.3 Å². The van der Waals surface area contributed by atoms with Crippen LogP contribution >= 0.6 is 23.2 Å². The Hall–Kier alpha value is -2.78. The molecule has 1 amide bonds. The number of ether oxygens (including phenoxy) is 1. The van der Waals surface area contributed by atoms with Gasteiger partial charge in [-0.3, -0.25) is 9.10 Å². The molecule has 0 spiro atoms. The second-order valence-corrected chi connectivity index (χ2v) is 10.2. The zero-order valence-corrected chi connectivity index (χ0v) is 19.6. The second-order valence-electron chi connectivity index (χ2n) is 7.45. The van der Waals surface area contributed by atoms with E-state index >= 15 is 0 Å². The number of hydrogen-bond acceptors (Lipinski definition) is 5. The summed E-state index contributed by atoms with van der Waals surface area (Å²) < 4.78 is 33.6. The van der Waals surface area contributed by atoms with Crippen molar-refractivity contribution in [1.82, 2.24) is 0 Å². The van der Waals surface area contributed by atoms with Crippen LogP contribution in [-0.4, -0.2) is 38.7 Å². The zero-order valence-electron chi connectivity index (χ0n) is 17.2. The highest BCUT2D eigenvalue weighted by Crippen LogP contribution is 2.39. The van der Waals surface area contributed by atoms with Crippen LogP contribution in [0.4, 0.5) is 11.4 Å². The van der Waals surface area contributed by atoms with Crippen molar-refractivity contribution in [3.05, 3.63) is 82.3 Å². The van der Waals surface area contributed by atoms with Gasteiger partial charge in [0, 0.05) is 15.7 Å². The van der Waals surface area contributed by atoms with E-state index in [1.54, 1.807) is 36.4 Å². The minimum Gasteiger partial charge on any atom is -0.484 e. The third-order valence-electron chi connectivity index (χ3n) is 5.06. The van der Waals surface area contributed by atoms with Gasteiger partial charge in [0.1, 0.15) is 11.9 Å². The van der Waals surface area contributed by atoms with Crippen LogP contribution in [0.1, 0.15) is 5.56 Å². The molecule has 4 rings (SSSR count). The summed E-state index contributed by atoms with van der Waals surface area (Å²) in [6.45, 7) is -0.442. The number of amides is 1. The predicted molar refractivity (Wildman–Crippen MR) is 128 cm³/mol. The van der Waals surface area contributed by atoms with Crippen molar-refractivity contribution in [3.8, 4) is 5.75 Å². The third kappa shape index (κ3) is 5.25. The van der Waals surface area contributed by atoms with Gasteiger partial charge in [0.05, 0.1) is 30.2 Å². The topological polar surface area (TPSA) is 95.9 Å². The molecule has 7 nitrogen and oxygen atoms in total. The largest absolute Gasteiger partial charge is 0.484 e. The number of aliphatic hydroxyl groups is 1. The number of carbonyl (C=O) groups is 1. The molecule has 0 aromatic heterocycles. The van der Waals surface area contributed by atoms with E-state index in [4.69, 9.17) is 27.9 Å². The zero-order chi connectivity index (χ0) is 23.6. The molecule has 0 fully saturated rings. The standard InChI is InChI=1S/C23H20Cl2N2O5S/c24-16-3-1-15(2-4-16)11-23(29)26-18-7-10-22-21(12-18)27(13-19(14-28)32-22)33(30,31)20-8-5-17(25)6-9-20/h1-10,12,19,28H,11,13-14H2,(H,26,29)/t19-/m0/s1. The maximum absolute atomic E-state index is 13.4. The summed E-state index contributed by atoms with van der Waals surface area (Å²) in [6, 6.07) is 17.5. The van der Waals surface area contributed by atoms with E-state index in [1.165, 1.54) is 34.6 Å². The fraction of sp³-hybridized carbons (Fsp3) is 0.174. The Bertz CT molecular complexity index is 1270. The van der Waals surface area contributed by atoms with Gasteiger partial charge < -0.3 is 15.2 Å². The highest BCUT2D eigenvalue weighted by atomic mass is 35.5. The molecule has 10 heteroatoms. The number of sulfonamides is 1. The van der Waals surface area contributed by atoms with Gasteiger partial charge in [-0.05, 0) is 60.2 Å². The summed E-state index contributed by atoms with van der Waals surface area (Å²) in [7, 11) is -3.97. The highest BCUT2D eigenvalue weighted by molar-refractivity contribution is 7.92. The summed E-state index contributed by atoms with van der Waals surface area (Å²) in [5.41, 5.74) is 1.46. The van der Waals surface area contributed by atoms with Gasteiger partial charge in [-0.25, -0.2) is 8.42 Å². The number of rotatable bonds is 6. The minimum atomic E-state index is -3.97. The predicted octanol–water partition coefficient (Wildman–Crippen LogP) is 4.12. The quantitative estimate of drug-likeness (QED) is 0.524. The molecule has 3 aromatic carbocycles. The van der Waals surface area contributed by atoms with Gasteiger partial charge in [0.25, 0.3) is 10.0 Å². The summed E-state index contributed by atoms with van der Waals surface area (Å²) >= 11 is 11.8. The third-order valence-corrected chi connectivity index (χ3v) is 7.36. The molecule has 0 unspecified atom stereocenters. The van der Waals surface area contributed by atoms with Gasteiger partial charge in [0.15, 0.2) is 0 Å². The molecular formula is C23H20Cl2N2O5S. The molecule has 1 aliphatic rings. The average molecular weight is 507 g/mol. The molecular weight excluding hydrogens is 487 g/mol. The average Bonchev–Trinajstić information content (AvgIpc) is 2.80. The van der Waals surface area contributed by atoms with Crippen molar-refractivity contribution >= 4 is 50.5 Å². The van der Waals surface area contributed by atoms with E-state index in [-0.39, 0.29) is 41.8 Å². The molecule has 0 radical (unpaired) electrons. The van der Waals surface area contributed by atoms with Gasteiger partial charge >= 0.3 is 0 Å². The first-order valence-corrected chi connectivity index (χ1v) is 12.2. The molecule has 1 atom stereocenters. The number of halogens is 2. The van der Waals surface area contributed by atoms with Crippen LogP contribution in [0.5, 0.6) is 5.75 Å². The summed E-state index contributed by atoms with van der Waals surface area (Å²) in [5.74, 6) is 0.0166. The lowest BCUT2D eigenvalue weighted by molar-refractivity contribution is -0.115. The van der Waals surface area contributed by atoms with E-state index in [1.807, 2.05) is 0 Å². The first kappa shape index (κ1) is 23.4. The van der Waals surface area contributed by atoms with Crippen LogP contribution < -0.4 is 14.4 Å². The van der Waals surface area contributed by atoms with Crippen LogP contribution in [0.2, 0.25) is 10.0 Å². The van der Waals surface area contributed by atoms with Gasteiger partial charge in [-0.1, -0.05) is 35.3 Å². The number of fused-ring (bicyclic) bond motifs is 1. The molecule has 2 N–H and O–H groups in total. The number of anilines is 2. The van der Waals surface area contributed by atoms with Crippen LogP contribution in [0, 0.1) is 0 Å². The molecule has 1 aliphatic heterocycles. The first-order valence-electron chi connectivity index (χ1n) is 10.0. The number of nitrogens with zero attached hydrogens (tertiary/aromatic N) is 1. The Morgan fingerprint density at radius 3 is 2.30 bits per heavy atom. The molecule has 172 valence electrons. The number of aliphatic hydroxyl groups excluding tert-OH is 1. The number of benzene rings is 3. The minimum absolute atomic E-state index is 0.0496. The highest BCUT2D eigenvalue weighted by Gasteiger charge is 2.34. The summed E-state index contributed by atoms with van der Waals surface area (Å²) in [6.07, 6.45) is -0.602. The van der Waals surface area contributed by atoms with Crippen LogP contribution in [0.25, 0.3) is 0 Å². The normalized spacial score (nSPS) is 15.5. The second kappa shape index (κ2) is 9.61. The maximum atomic E-state index is 13.4. The fourth-order valence-corrected chi connectivity index (χ4v) is 5.19.